The van der Waals surface area contributed by atoms with Crippen molar-refractivity contribution in [2.45, 2.75) is 26.7 Å². The molecule has 0 aromatic heterocycles. The highest BCUT2D eigenvalue weighted by Gasteiger charge is 1.93. The molecule has 0 aromatic carbocycles. The van der Waals surface area contributed by atoms with Crippen LogP contribution >= 0.6 is 15.9 Å². The molecule has 0 aliphatic carbocycles. The van der Waals surface area contributed by atoms with E-state index in [2.05, 4.69) is 29.8 Å². The average molecular weight is 165 g/mol. The highest BCUT2D eigenvalue weighted by Crippen LogP contribution is 2.06. The minimum Gasteiger partial charge on any atom is -0.0928 e. The van der Waals surface area contributed by atoms with Gasteiger partial charge in [-0.2, -0.15) is 0 Å². The summed E-state index contributed by atoms with van der Waals surface area (Å²) in [7, 11) is 0. The monoisotopic (exact) mass is 164 g/mol. The molecule has 0 spiro atoms. The SMILES string of the molecule is CC[C@H](C)CCBr. The standard InChI is InChI=1S/C6H13Br/c1-3-6(2)4-5-7/h6H,3-5H2,1-2H3/t6-/m0/s1. The van der Waals surface area contributed by atoms with Crippen molar-refractivity contribution in [3.05, 3.63) is 0 Å². The molecule has 0 saturated carbocycles. The van der Waals surface area contributed by atoms with Gasteiger partial charge in [-0.05, 0) is 12.3 Å². The van der Waals surface area contributed by atoms with Crippen molar-refractivity contribution >= 4 is 15.9 Å². The van der Waals surface area contributed by atoms with Crippen molar-refractivity contribution in [1.82, 2.24) is 0 Å². The summed E-state index contributed by atoms with van der Waals surface area (Å²) in [6.07, 6.45) is 2.63. The van der Waals surface area contributed by atoms with E-state index in [1.165, 1.54) is 12.8 Å². The van der Waals surface area contributed by atoms with Crippen LogP contribution in [0.25, 0.3) is 0 Å². The minimum atomic E-state index is 0.902. The molecule has 0 rings (SSSR count). The van der Waals surface area contributed by atoms with E-state index < -0.39 is 0 Å². The van der Waals surface area contributed by atoms with Crippen LogP contribution in [0.1, 0.15) is 26.7 Å². The number of halogens is 1. The molecule has 1 atom stereocenters. The maximum atomic E-state index is 3.39. The van der Waals surface area contributed by atoms with Gasteiger partial charge in [-0.3, -0.25) is 0 Å². The highest BCUT2D eigenvalue weighted by molar-refractivity contribution is 9.09. The third-order valence-electron chi connectivity index (χ3n) is 1.30. The summed E-state index contributed by atoms with van der Waals surface area (Å²) in [6, 6.07) is 0. The van der Waals surface area contributed by atoms with E-state index in [4.69, 9.17) is 0 Å². The molecule has 7 heavy (non-hydrogen) atoms. The molecule has 0 bridgehead atoms. The van der Waals surface area contributed by atoms with Gasteiger partial charge in [-0.25, -0.2) is 0 Å². The maximum Gasteiger partial charge on any atom is 0.00338 e. The Kier molecular flexibility index (Phi) is 4.95. The fourth-order valence-corrected chi connectivity index (χ4v) is 1.17. The number of hydrogen-bond donors (Lipinski definition) is 0. The zero-order valence-electron chi connectivity index (χ0n) is 5.08. The summed E-state index contributed by atoms with van der Waals surface area (Å²) < 4.78 is 0. The van der Waals surface area contributed by atoms with Crippen molar-refractivity contribution in [3.8, 4) is 0 Å². The Hall–Kier alpha value is 0.480. The van der Waals surface area contributed by atoms with Gasteiger partial charge in [0, 0.05) is 5.33 Å². The Bertz CT molecular complexity index is 35.2. The van der Waals surface area contributed by atoms with Gasteiger partial charge in [-0.15, -0.1) is 0 Å². The Morgan fingerprint density at radius 1 is 1.57 bits per heavy atom. The normalized spacial score (nSPS) is 14.1. The van der Waals surface area contributed by atoms with E-state index in [9.17, 15) is 0 Å². The molecule has 0 amide bonds. The molecule has 0 radical (unpaired) electrons. The first kappa shape index (κ1) is 7.48. The summed E-state index contributed by atoms with van der Waals surface area (Å²) in [5.41, 5.74) is 0. The largest absolute Gasteiger partial charge is 0.0928 e. The maximum absolute atomic E-state index is 3.39. The smallest absolute Gasteiger partial charge is 0.00338 e. The predicted molar refractivity (Wildman–Crippen MR) is 37.9 cm³/mol. The molecule has 0 fully saturated rings. The second-order valence-electron chi connectivity index (χ2n) is 1.99. The van der Waals surface area contributed by atoms with Crippen molar-refractivity contribution in [2.24, 2.45) is 5.92 Å². The lowest BCUT2D eigenvalue weighted by atomic mass is 10.1. The molecule has 0 aromatic rings. The van der Waals surface area contributed by atoms with Gasteiger partial charge in [0.1, 0.15) is 0 Å². The Morgan fingerprint density at radius 3 is 2.29 bits per heavy atom. The lowest BCUT2D eigenvalue weighted by Crippen LogP contribution is -1.90. The predicted octanol–water partition coefficient (Wildman–Crippen LogP) is 2.82. The Balaban J connectivity index is 2.83. The van der Waals surface area contributed by atoms with Crippen LogP contribution in [0.15, 0.2) is 0 Å². The molecule has 0 aliphatic rings. The van der Waals surface area contributed by atoms with Gasteiger partial charge in [0.15, 0.2) is 0 Å². The molecular formula is C6H13Br. The van der Waals surface area contributed by atoms with Gasteiger partial charge < -0.3 is 0 Å². The van der Waals surface area contributed by atoms with Crippen LogP contribution in [0.4, 0.5) is 0 Å². The molecule has 1 heteroatoms. The number of rotatable bonds is 3. The summed E-state index contributed by atoms with van der Waals surface area (Å²) in [5, 5.41) is 1.15. The van der Waals surface area contributed by atoms with Gasteiger partial charge >= 0.3 is 0 Å². The summed E-state index contributed by atoms with van der Waals surface area (Å²) >= 11 is 3.39. The average Bonchev–Trinajstić information content (AvgIpc) is 1.68. The van der Waals surface area contributed by atoms with Gasteiger partial charge in [-0.1, -0.05) is 36.2 Å². The van der Waals surface area contributed by atoms with Crippen molar-refractivity contribution in [3.63, 3.8) is 0 Å². The molecule has 0 aliphatic heterocycles. The Morgan fingerprint density at radius 2 is 2.14 bits per heavy atom. The molecule has 44 valence electrons. The van der Waals surface area contributed by atoms with E-state index in [0.29, 0.717) is 0 Å². The first-order valence-corrected chi connectivity index (χ1v) is 3.99. The van der Waals surface area contributed by atoms with E-state index in [1.807, 2.05) is 0 Å². The quantitative estimate of drug-likeness (QED) is 0.564. The Labute approximate surface area is 54.4 Å². The van der Waals surface area contributed by atoms with Crippen LogP contribution in [-0.4, -0.2) is 5.33 Å². The summed E-state index contributed by atoms with van der Waals surface area (Å²) in [4.78, 5) is 0. The van der Waals surface area contributed by atoms with Crippen LogP contribution in [-0.2, 0) is 0 Å². The first-order chi connectivity index (χ1) is 3.31. The number of hydrogen-bond acceptors (Lipinski definition) is 0. The molecule has 0 heterocycles. The van der Waals surface area contributed by atoms with Gasteiger partial charge in [0.25, 0.3) is 0 Å². The van der Waals surface area contributed by atoms with Crippen molar-refractivity contribution in [2.75, 3.05) is 5.33 Å². The fourth-order valence-electron chi connectivity index (χ4n) is 0.390. The topological polar surface area (TPSA) is 0 Å². The van der Waals surface area contributed by atoms with Crippen LogP contribution in [0.5, 0.6) is 0 Å². The van der Waals surface area contributed by atoms with Crippen LogP contribution in [0.3, 0.4) is 0 Å². The lowest BCUT2D eigenvalue weighted by molar-refractivity contribution is 0.550. The molecule has 0 nitrogen and oxygen atoms in total. The third-order valence-corrected chi connectivity index (χ3v) is 1.76. The lowest BCUT2D eigenvalue weighted by Gasteiger charge is -2.01. The molecular weight excluding hydrogens is 152 g/mol. The van der Waals surface area contributed by atoms with Gasteiger partial charge in [0.2, 0.25) is 0 Å². The second-order valence-corrected chi connectivity index (χ2v) is 2.78. The summed E-state index contributed by atoms with van der Waals surface area (Å²) in [6.45, 7) is 4.51. The second kappa shape index (κ2) is 4.63. The van der Waals surface area contributed by atoms with Crippen LogP contribution in [0, 0.1) is 5.92 Å². The van der Waals surface area contributed by atoms with E-state index >= 15 is 0 Å². The molecule has 0 saturated heterocycles. The molecule has 0 unspecified atom stereocenters. The number of alkyl halides is 1. The van der Waals surface area contributed by atoms with Gasteiger partial charge in [0.05, 0.1) is 0 Å². The fraction of sp³-hybridized carbons (Fsp3) is 1.00. The van der Waals surface area contributed by atoms with Crippen LogP contribution < -0.4 is 0 Å². The highest BCUT2D eigenvalue weighted by atomic mass is 79.9. The first-order valence-electron chi connectivity index (χ1n) is 2.87. The van der Waals surface area contributed by atoms with Crippen LogP contribution in [0.2, 0.25) is 0 Å². The van der Waals surface area contributed by atoms with Crippen molar-refractivity contribution < 1.29 is 0 Å². The zero-order chi connectivity index (χ0) is 5.70. The van der Waals surface area contributed by atoms with Crippen molar-refractivity contribution in [1.29, 1.82) is 0 Å². The third kappa shape index (κ3) is 4.33. The van der Waals surface area contributed by atoms with E-state index in [1.54, 1.807) is 0 Å². The summed E-state index contributed by atoms with van der Waals surface area (Å²) in [5.74, 6) is 0.902. The molecule has 0 N–H and O–H groups in total. The van der Waals surface area contributed by atoms with E-state index in [0.717, 1.165) is 11.2 Å². The van der Waals surface area contributed by atoms with E-state index in [-0.39, 0.29) is 0 Å². The minimum absolute atomic E-state index is 0.902. The zero-order valence-corrected chi connectivity index (χ0v) is 6.66.